The van der Waals surface area contributed by atoms with Crippen LogP contribution in [0.3, 0.4) is 0 Å². The Kier molecular flexibility index (Phi) is 4.63. The maximum atomic E-state index is 6.17. The van der Waals surface area contributed by atoms with E-state index in [1.165, 1.54) is 17.9 Å². The van der Waals surface area contributed by atoms with Crippen LogP contribution in [0.2, 0.25) is 0 Å². The normalized spacial score (nSPS) is 34.7. The van der Waals surface area contributed by atoms with Crippen LogP contribution in [0.1, 0.15) is 33.1 Å². The average Bonchev–Trinajstić information content (AvgIpc) is 2.37. The highest BCUT2D eigenvalue weighted by Gasteiger charge is 2.44. The van der Waals surface area contributed by atoms with Gasteiger partial charge in [0.25, 0.3) is 0 Å². The largest absolute Gasteiger partial charge is 0.381 e. The Morgan fingerprint density at radius 1 is 1.28 bits per heavy atom. The molecule has 2 aliphatic heterocycles. The van der Waals surface area contributed by atoms with Gasteiger partial charge < -0.3 is 10.5 Å². The minimum Gasteiger partial charge on any atom is -0.381 e. The van der Waals surface area contributed by atoms with Gasteiger partial charge in [-0.2, -0.15) is 11.8 Å². The van der Waals surface area contributed by atoms with Crippen LogP contribution in [-0.4, -0.2) is 54.8 Å². The molecule has 1 unspecified atom stereocenters. The van der Waals surface area contributed by atoms with Crippen LogP contribution in [0.15, 0.2) is 0 Å². The molecular weight excluding hydrogens is 244 g/mol. The van der Waals surface area contributed by atoms with E-state index in [4.69, 9.17) is 10.5 Å². The SMILES string of the molecule is COC1CCN(C2(CN)CSCC(C)(C)C2)CC1. The van der Waals surface area contributed by atoms with Crippen LogP contribution in [0.5, 0.6) is 0 Å². The van der Waals surface area contributed by atoms with Crippen molar-refractivity contribution in [1.82, 2.24) is 4.90 Å². The topological polar surface area (TPSA) is 38.5 Å². The first-order chi connectivity index (χ1) is 8.51. The molecule has 2 N–H and O–H groups in total. The second-order valence-corrected chi connectivity index (χ2v) is 7.67. The maximum Gasteiger partial charge on any atom is 0.0595 e. The molecule has 0 aromatic carbocycles. The van der Waals surface area contributed by atoms with E-state index in [2.05, 4.69) is 30.5 Å². The van der Waals surface area contributed by atoms with Crippen molar-refractivity contribution in [2.75, 3.05) is 38.2 Å². The molecular formula is C14H28N2OS. The highest BCUT2D eigenvalue weighted by atomic mass is 32.2. The van der Waals surface area contributed by atoms with E-state index < -0.39 is 0 Å². The summed E-state index contributed by atoms with van der Waals surface area (Å²) < 4.78 is 5.47. The van der Waals surface area contributed by atoms with Gasteiger partial charge in [0.1, 0.15) is 0 Å². The fourth-order valence-corrected chi connectivity index (χ4v) is 5.08. The Balaban J connectivity index is 2.04. The van der Waals surface area contributed by atoms with Gasteiger partial charge in [0.05, 0.1) is 6.10 Å². The van der Waals surface area contributed by atoms with E-state index in [1.807, 2.05) is 7.11 Å². The number of piperidine rings is 1. The maximum absolute atomic E-state index is 6.17. The summed E-state index contributed by atoms with van der Waals surface area (Å²) >= 11 is 2.08. The fourth-order valence-electron chi connectivity index (χ4n) is 3.54. The third kappa shape index (κ3) is 3.03. The molecule has 0 radical (unpaired) electrons. The smallest absolute Gasteiger partial charge is 0.0595 e. The molecule has 0 amide bonds. The van der Waals surface area contributed by atoms with Gasteiger partial charge >= 0.3 is 0 Å². The van der Waals surface area contributed by atoms with Crippen molar-refractivity contribution < 1.29 is 4.74 Å². The van der Waals surface area contributed by atoms with Crippen LogP contribution in [0.25, 0.3) is 0 Å². The van der Waals surface area contributed by atoms with E-state index >= 15 is 0 Å². The van der Waals surface area contributed by atoms with Crippen LogP contribution in [0, 0.1) is 5.41 Å². The molecule has 4 heteroatoms. The quantitative estimate of drug-likeness (QED) is 0.852. The third-order valence-corrected chi connectivity index (χ3v) is 6.22. The molecule has 18 heavy (non-hydrogen) atoms. The number of hydrogen-bond donors (Lipinski definition) is 1. The van der Waals surface area contributed by atoms with Crippen LogP contribution >= 0.6 is 11.8 Å². The summed E-state index contributed by atoms with van der Waals surface area (Å²) in [4.78, 5) is 2.65. The summed E-state index contributed by atoms with van der Waals surface area (Å²) in [7, 11) is 1.83. The summed E-state index contributed by atoms with van der Waals surface area (Å²) in [5.41, 5.74) is 6.82. The predicted molar refractivity (Wildman–Crippen MR) is 79.1 cm³/mol. The Bertz CT molecular complexity index is 277. The second-order valence-electron chi connectivity index (χ2n) is 6.68. The molecule has 2 rings (SSSR count). The number of thioether (sulfide) groups is 1. The highest BCUT2D eigenvalue weighted by molar-refractivity contribution is 7.99. The first-order valence-electron chi connectivity index (χ1n) is 7.07. The molecule has 2 fully saturated rings. The van der Waals surface area contributed by atoms with Gasteiger partial charge in [0.2, 0.25) is 0 Å². The minimum absolute atomic E-state index is 0.227. The molecule has 0 aliphatic carbocycles. The Labute approximate surface area is 116 Å². The van der Waals surface area contributed by atoms with Crippen molar-refractivity contribution in [3.63, 3.8) is 0 Å². The van der Waals surface area contributed by atoms with Gasteiger partial charge in [-0.3, -0.25) is 4.90 Å². The van der Waals surface area contributed by atoms with Gasteiger partial charge in [-0.25, -0.2) is 0 Å². The first-order valence-corrected chi connectivity index (χ1v) is 8.22. The molecule has 0 aromatic rings. The summed E-state index contributed by atoms with van der Waals surface area (Å²) in [6.07, 6.45) is 4.01. The van der Waals surface area contributed by atoms with Crippen molar-refractivity contribution in [1.29, 1.82) is 0 Å². The van der Waals surface area contributed by atoms with Gasteiger partial charge in [-0.15, -0.1) is 0 Å². The van der Waals surface area contributed by atoms with Crippen LogP contribution < -0.4 is 5.73 Å². The number of rotatable bonds is 3. The zero-order chi connectivity index (χ0) is 13.2. The molecule has 0 spiro atoms. The number of nitrogens with zero attached hydrogens (tertiary/aromatic N) is 1. The molecule has 1 atom stereocenters. The van der Waals surface area contributed by atoms with Crippen LogP contribution in [-0.2, 0) is 4.74 Å². The summed E-state index contributed by atoms with van der Waals surface area (Å²) in [5.74, 6) is 2.47. The summed E-state index contributed by atoms with van der Waals surface area (Å²) in [6, 6.07) is 0. The van der Waals surface area contributed by atoms with E-state index in [0.717, 1.165) is 32.5 Å². The molecule has 0 bridgehead atoms. The third-order valence-electron chi connectivity index (χ3n) is 4.50. The number of hydrogen-bond acceptors (Lipinski definition) is 4. The van der Waals surface area contributed by atoms with E-state index in [1.54, 1.807) is 0 Å². The summed E-state index contributed by atoms with van der Waals surface area (Å²) in [6.45, 7) is 7.84. The number of nitrogens with two attached hydrogens (primary N) is 1. The molecule has 0 aromatic heterocycles. The Morgan fingerprint density at radius 3 is 2.44 bits per heavy atom. The molecule has 0 saturated carbocycles. The van der Waals surface area contributed by atoms with Gasteiger partial charge in [0.15, 0.2) is 0 Å². The molecule has 2 heterocycles. The lowest BCUT2D eigenvalue weighted by molar-refractivity contribution is -0.00881. The highest BCUT2D eigenvalue weighted by Crippen LogP contribution is 2.42. The fraction of sp³-hybridized carbons (Fsp3) is 1.00. The summed E-state index contributed by atoms with van der Waals surface area (Å²) in [5, 5.41) is 0. The first kappa shape index (κ1) is 14.6. The van der Waals surface area contributed by atoms with Gasteiger partial charge in [-0.1, -0.05) is 13.8 Å². The van der Waals surface area contributed by atoms with Crippen molar-refractivity contribution in [3.05, 3.63) is 0 Å². The van der Waals surface area contributed by atoms with E-state index in [-0.39, 0.29) is 5.54 Å². The lowest BCUT2D eigenvalue weighted by atomic mass is 9.78. The van der Waals surface area contributed by atoms with Crippen molar-refractivity contribution in [2.24, 2.45) is 11.1 Å². The zero-order valence-electron chi connectivity index (χ0n) is 12.1. The van der Waals surface area contributed by atoms with E-state index in [9.17, 15) is 0 Å². The van der Waals surface area contributed by atoms with Gasteiger partial charge in [-0.05, 0) is 30.4 Å². The molecule has 2 aliphatic rings. The molecule has 2 saturated heterocycles. The Hall–Kier alpha value is 0.230. The monoisotopic (exact) mass is 272 g/mol. The average molecular weight is 272 g/mol. The standard InChI is InChI=1S/C14H28N2OS/c1-13(2)8-14(9-15,11-18-10-13)16-6-4-12(17-3)5-7-16/h12H,4-11,15H2,1-3H3. The minimum atomic E-state index is 0.227. The lowest BCUT2D eigenvalue weighted by Crippen LogP contribution is -2.62. The van der Waals surface area contributed by atoms with Crippen molar-refractivity contribution in [3.8, 4) is 0 Å². The van der Waals surface area contributed by atoms with Crippen LogP contribution in [0.4, 0.5) is 0 Å². The van der Waals surface area contributed by atoms with Crippen molar-refractivity contribution in [2.45, 2.75) is 44.8 Å². The number of ether oxygens (including phenoxy) is 1. The van der Waals surface area contributed by atoms with E-state index in [0.29, 0.717) is 11.5 Å². The number of methoxy groups -OCH3 is 1. The van der Waals surface area contributed by atoms with Gasteiger partial charge in [0, 0.05) is 38.0 Å². The lowest BCUT2D eigenvalue weighted by Gasteiger charge is -2.52. The Morgan fingerprint density at radius 2 is 1.94 bits per heavy atom. The van der Waals surface area contributed by atoms with Crippen molar-refractivity contribution >= 4 is 11.8 Å². The molecule has 3 nitrogen and oxygen atoms in total. The predicted octanol–water partition coefficient (Wildman–Crippen LogP) is 1.96. The molecule has 106 valence electrons. The number of likely N-dealkylation sites (tertiary alicyclic amines) is 1. The second kappa shape index (κ2) is 5.70. The zero-order valence-corrected chi connectivity index (χ0v) is 12.9.